The molecule has 2 N–H and O–H groups in total. The van der Waals surface area contributed by atoms with Crippen molar-refractivity contribution in [3.63, 3.8) is 0 Å². The van der Waals surface area contributed by atoms with Gasteiger partial charge in [-0.05, 0) is 65.0 Å². The Kier molecular flexibility index (Phi) is 7.53. The number of anilines is 1. The molecule has 32 heavy (non-hydrogen) atoms. The lowest BCUT2D eigenvalue weighted by Gasteiger charge is -2.40. The number of hydrogen-bond donors (Lipinski definition) is 2. The molecule has 9 nitrogen and oxygen atoms in total. The zero-order valence-corrected chi connectivity index (χ0v) is 21.9. The van der Waals surface area contributed by atoms with Crippen molar-refractivity contribution in [2.75, 3.05) is 12.4 Å². The summed E-state index contributed by atoms with van der Waals surface area (Å²) in [5.74, 6) is 0.121. The lowest BCUT2D eigenvalue weighted by atomic mass is 10.1. The first kappa shape index (κ1) is 26.0. The SMILES string of the molecule is CN[C@@H](C(=O)Nc1ccc2c(cnn2C(=O)OC(C)(C)C)n1)[C@@H](C)O[Si](C)(C)C(C)(C)C. The molecular weight excluding hydrogens is 426 g/mol. The smallest absolute Gasteiger partial charge is 0.435 e. The Morgan fingerprint density at radius 1 is 1.12 bits per heavy atom. The van der Waals surface area contributed by atoms with E-state index in [1.807, 2.05) is 6.92 Å². The number of rotatable bonds is 6. The molecule has 0 saturated heterocycles. The molecule has 0 saturated carbocycles. The molecule has 0 fully saturated rings. The minimum absolute atomic E-state index is 0.0386. The van der Waals surface area contributed by atoms with Gasteiger partial charge in [-0.25, -0.2) is 9.78 Å². The number of nitrogens with zero attached hydrogens (tertiary/aromatic N) is 3. The molecule has 1 amide bonds. The monoisotopic (exact) mass is 463 g/mol. The van der Waals surface area contributed by atoms with Crippen LogP contribution >= 0.6 is 0 Å². The molecule has 178 valence electrons. The molecular formula is C22H37N5O4Si. The molecule has 0 radical (unpaired) electrons. The molecule has 10 heteroatoms. The van der Waals surface area contributed by atoms with E-state index in [1.54, 1.807) is 40.0 Å². The van der Waals surface area contributed by atoms with Gasteiger partial charge in [-0.1, -0.05) is 20.8 Å². The number of ether oxygens (including phenoxy) is 1. The molecule has 2 aromatic rings. The van der Waals surface area contributed by atoms with Gasteiger partial charge in [-0.2, -0.15) is 9.78 Å². The summed E-state index contributed by atoms with van der Waals surface area (Å²) in [5, 5.41) is 10.0. The lowest BCUT2D eigenvalue weighted by Crippen LogP contribution is -2.53. The number of amides is 1. The Morgan fingerprint density at radius 3 is 2.28 bits per heavy atom. The fourth-order valence-corrected chi connectivity index (χ4v) is 4.35. The fourth-order valence-electron chi connectivity index (χ4n) is 2.93. The molecule has 0 aliphatic heterocycles. The number of likely N-dealkylation sites (N-methyl/N-ethyl adjacent to an activating group) is 1. The van der Waals surface area contributed by atoms with E-state index in [4.69, 9.17) is 9.16 Å². The van der Waals surface area contributed by atoms with E-state index in [2.05, 4.69) is 54.6 Å². The maximum Gasteiger partial charge on any atom is 0.435 e. The van der Waals surface area contributed by atoms with Crippen LogP contribution in [0.2, 0.25) is 18.1 Å². The minimum Gasteiger partial charge on any atom is -0.442 e. The van der Waals surface area contributed by atoms with E-state index in [0.29, 0.717) is 16.9 Å². The normalized spacial score (nSPS) is 14.8. The Bertz CT molecular complexity index is 975. The van der Waals surface area contributed by atoms with Gasteiger partial charge in [-0.3, -0.25) is 4.79 Å². The second-order valence-corrected chi connectivity index (χ2v) is 15.2. The van der Waals surface area contributed by atoms with Crippen LogP contribution in [0.15, 0.2) is 18.3 Å². The molecule has 0 bridgehead atoms. The van der Waals surface area contributed by atoms with Crippen molar-refractivity contribution < 1.29 is 18.8 Å². The Hall–Kier alpha value is -2.30. The van der Waals surface area contributed by atoms with E-state index in [9.17, 15) is 9.59 Å². The van der Waals surface area contributed by atoms with Crippen molar-refractivity contribution in [2.24, 2.45) is 0 Å². The molecule has 2 aromatic heterocycles. The highest BCUT2D eigenvalue weighted by Gasteiger charge is 2.40. The van der Waals surface area contributed by atoms with Gasteiger partial charge >= 0.3 is 6.09 Å². The highest BCUT2D eigenvalue weighted by atomic mass is 28.4. The van der Waals surface area contributed by atoms with Crippen molar-refractivity contribution in [1.29, 1.82) is 0 Å². The van der Waals surface area contributed by atoms with Crippen molar-refractivity contribution >= 4 is 37.2 Å². The van der Waals surface area contributed by atoms with Gasteiger partial charge < -0.3 is 19.8 Å². The van der Waals surface area contributed by atoms with Crippen LogP contribution in [0.5, 0.6) is 0 Å². The summed E-state index contributed by atoms with van der Waals surface area (Å²) in [4.78, 5) is 29.7. The van der Waals surface area contributed by atoms with Crippen molar-refractivity contribution in [3.8, 4) is 0 Å². The third-order valence-electron chi connectivity index (χ3n) is 5.59. The summed E-state index contributed by atoms with van der Waals surface area (Å²) < 4.78 is 12.9. The zero-order chi connectivity index (χ0) is 24.5. The van der Waals surface area contributed by atoms with Crippen LogP contribution in [0.3, 0.4) is 0 Å². The molecule has 0 unspecified atom stereocenters. The number of fused-ring (bicyclic) bond motifs is 1. The number of carbonyl (C=O) groups excluding carboxylic acids is 2. The van der Waals surface area contributed by atoms with E-state index in [1.165, 1.54) is 6.20 Å². The lowest BCUT2D eigenvalue weighted by molar-refractivity contribution is -0.120. The fraction of sp³-hybridized carbons (Fsp3) is 0.636. The van der Waals surface area contributed by atoms with Crippen molar-refractivity contribution in [1.82, 2.24) is 20.1 Å². The van der Waals surface area contributed by atoms with Crippen LogP contribution in [0.25, 0.3) is 11.0 Å². The van der Waals surface area contributed by atoms with Crippen LogP contribution in [-0.4, -0.2) is 59.9 Å². The van der Waals surface area contributed by atoms with Gasteiger partial charge in [0.2, 0.25) is 5.91 Å². The number of nitrogens with one attached hydrogen (secondary N) is 2. The Labute approximate surface area is 191 Å². The van der Waals surface area contributed by atoms with Crippen LogP contribution in [0, 0.1) is 0 Å². The molecule has 0 spiro atoms. The average molecular weight is 464 g/mol. The number of carbonyl (C=O) groups is 2. The maximum absolute atomic E-state index is 13.0. The third kappa shape index (κ3) is 6.14. The highest BCUT2D eigenvalue weighted by Crippen LogP contribution is 2.37. The van der Waals surface area contributed by atoms with E-state index < -0.39 is 26.1 Å². The average Bonchev–Trinajstić information content (AvgIpc) is 3.02. The number of pyridine rings is 1. The minimum atomic E-state index is -2.04. The zero-order valence-electron chi connectivity index (χ0n) is 20.9. The van der Waals surface area contributed by atoms with Gasteiger partial charge in [0, 0.05) is 0 Å². The quantitative estimate of drug-likeness (QED) is 0.620. The van der Waals surface area contributed by atoms with E-state index in [0.717, 1.165) is 4.68 Å². The van der Waals surface area contributed by atoms with Crippen LogP contribution in [0.1, 0.15) is 48.5 Å². The molecule has 2 atom stereocenters. The topological polar surface area (TPSA) is 107 Å². The predicted octanol–water partition coefficient (Wildman–Crippen LogP) is 4.15. The van der Waals surface area contributed by atoms with Crippen LogP contribution in [-0.2, 0) is 14.0 Å². The largest absolute Gasteiger partial charge is 0.442 e. The standard InChI is InChI=1S/C22H37N5O4Si/c1-14(31-32(9,10)22(5,6)7)18(23-8)19(28)26-17-12-11-16-15(25-17)13-24-27(16)20(29)30-21(2,3)4/h11-14,18,23H,1-10H3,(H,25,26,28)/t14-,18-/m1/s1. The summed E-state index contributed by atoms with van der Waals surface area (Å²) in [5.41, 5.74) is 0.333. The van der Waals surface area contributed by atoms with Gasteiger partial charge in [0.05, 0.1) is 17.8 Å². The molecule has 0 aromatic carbocycles. The number of aromatic nitrogens is 3. The first-order valence-electron chi connectivity index (χ1n) is 10.8. The van der Waals surface area contributed by atoms with E-state index in [-0.39, 0.29) is 17.0 Å². The van der Waals surface area contributed by atoms with E-state index >= 15 is 0 Å². The Balaban J connectivity index is 2.16. The highest BCUT2D eigenvalue weighted by molar-refractivity contribution is 6.74. The second kappa shape index (κ2) is 9.28. The first-order chi connectivity index (χ1) is 14.6. The van der Waals surface area contributed by atoms with Crippen molar-refractivity contribution in [3.05, 3.63) is 18.3 Å². The summed E-state index contributed by atoms with van der Waals surface area (Å²) in [6, 6.07) is 2.76. The summed E-state index contributed by atoms with van der Waals surface area (Å²) >= 11 is 0. The van der Waals surface area contributed by atoms with Gasteiger partial charge in [0.15, 0.2) is 8.32 Å². The third-order valence-corrected chi connectivity index (χ3v) is 10.2. The predicted molar refractivity (Wildman–Crippen MR) is 128 cm³/mol. The van der Waals surface area contributed by atoms with Crippen LogP contribution < -0.4 is 10.6 Å². The summed E-state index contributed by atoms with van der Waals surface area (Å²) in [6.45, 7) is 18.1. The maximum atomic E-state index is 13.0. The first-order valence-corrected chi connectivity index (χ1v) is 13.7. The Morgan fingerprint density at radius 2 is 1.75 bits per heavy atom. The molecule has 0 aliphatic rings. The summed E-state index contributed by atoms with van der Waals surface area (Å²) in [7, 11) is -0.304. The van der Waals surface area contributed by atoms with Crippen molar-refractivity contribution in [2.45, 2.75) is 84.3 Å². The molecule has 0 aliphatic carbocycles. The second-order valence-electron chi connectivity index (χ2n) is 10.5. The number of hydrogen-bond acceptors (Lipinski definition) is 7. The van der Waals surface area contributed by atoms with Gasteiger partial charge in [0.25, 0.3) is 0 Å². The molecule has 2 rings (SSSR count). The summed E-state index contributed by atoms with van der Waals surface area (Å²) in [6.07, 6.45) is 0.561. The molecule has 2 heterocycles. The van der Waals surface area contributed by atoms with Gasteiger partial charge in [-0.15, -0.1) is 0 Å². The van der Waals surface area contributed by atoms with Crippen LogP contribution in [0.4, 0.5) is 10.6 Å². The van der Waals surface area contributed by atoms with Gasteiger partial charge in [0.1, 0.15) is 23.0 Å².